The number of aldehydes is 1. The van der Waals surface area contributed by atoms with E-state index in [1.54, 1.807) is 12.1 Å². The predicted octanol–water partition coefficient (Wildman–Crippen LogP) is 4.40. The van der Waals surface area contributed by atoms with Gasteiger partial charge in [-0.3, -0.25) is 4.79 Å². The number of rotatable bonds is 3. The summed E-state index contributed by atoms with van der Waals surface area (Å²) < 4.78 is 5.42. The summed E-state index contributed by atoms with van der Waals surface area (Å²) in [6, 6.07) is 9.37. The average Bonchev–Trinajstić information content (AvgIpc) is 2.97. The van der Waals surface area contributed by atoms with Crippen LogP contribution in [0.25, 0.3) is 11.3 Å². The van der Waals surface area contributed by atoms with Crippen molar-refractivity contribution >= 4 is 23.6 Å². The maximum atomic E-state index is 10.7. The zero-order valence-electron chi connectivity index (χ0n) is 11.1. The number of benzene rings is 1. The van der Waals surface area contributed by atoms with E-state index in [9.17, 15) is 4.79 Å². The molecule has 1 aromatic carbocycles. The van der Waals surface area contributed by atoms with Crippen molar-refractivity contribution in [3.05, 3.63) is 41.1 Å². The van der Waals surface area contributed by atoms with Crippen LogP contribution in [0.3, 0.4) is 0 Å². The van der Waals surface area contributed by atoms with Crippen molar-refractivity contribution in [2.45, 2.75) is 19.3 Å². The molecule has 2 aromatic rings. The Labute approximate surface area is 123 Å². The van der Waals surface area contributed by atoms with Gasteiger partial charge < -0.3 is 9.32 Å². The molecule has 0 bridgehead atoms. The molecular weight excluding hydrogens is 274 g/mol. The van der Waals surface area contributed by atoms with Crippen LogP contribution in [0, 0.1) is 0 Å². The lowest BCUT2D eigenvalue weighted by molar-refractivity contribution is 0.110. The Bertz CT molecular complexity index is 615. The number of halogens is 1. The van der Waals surface area contributed by atoms with Crippen molar-refractivity contribution in [1.29, 1.82) is 0 Å². The molecule has 20 heavy (non-hydrogen) atoms. The van der Waals surface area contributed by atoms with E-state index in [4.69, 9.17) is 16.0 Å². The Hall–Kier alpha value is -1.74. The van der Waals surface area contributed by atoms with Gasteiger partial charge >= 0.3 is 0 Å². The molecule has 1 fully saturated rings. The molecule has 0 atom stereocenters. The number of nitrogens with zero attached hydrogens (tertiary/aromatic N) is 1. The van der Waals surface area contributed by atoms with Gasteiger partial charge in [0.05, 0.1) is 10.7 Å². The highest BCUT2D eigenvalue weighted by atomic mass is 35.5. The third-order valence-electron chi connectivity index (χ3n) is 3.67. The fourth-order valence-corrected chi connectivity index (χ4v) is 2.92. The van der Waals surface area contributed by atoms with Crippen molar-refractivity contribution in [3.63, 3.8) is 0 Å². The molecule has 0 unspecified atom stereocenters. The number of hydrogen-bond acceptors (Lipinski definition) is 3. The van der Waals surface area contributed by atoms with E-state index < -0.39 is 0 Å². The minimum atomic E-state index is 0.330. The molecular formula is C16H16ClNO2. The fraction of sp³-hybridized carbons (Fsp3) is 0.312. The van der Waals surface area contributed by atoms with Crippen molar-refractivity contribution in [2.24, 2.45) is 0 Å². The summed E-state index contributed by atoms with van der Waals surface area (Å²) in [5.74, 6) is 0.996. The van der Waals surface area contributed by atoms with E-state index in [0.29, 0.717) is 17.8 Å². The Morgan fingerprint density at radius 1 is 1.10 bits per heavy atom. The van der Waals surface area contributed by atoms with E-state index in [0.717, 1.165) is 29.4 Å². The van der Waals surface area contributed by atoms with Crippen LogP contribution in [-0.4, -0.2) is 19.4 Å². The van der Waals surface area contributed by atoms with Gasteiger partial charge in [0, 0.05) is 18.7 Å². The highest BCUT2D eigenvalue weighted by Crippen LogP contribution is 2.33. The molecule has 0 amide bonds. The maximum absolute atomic E-state index is 10.7. The molecule has 1 aliphatic rings. The van der Waals surface area contributed by atoms with Crippen molar-refractivity contribution in [2.75, 3.05) is 18.0 Å². The van der Waals surface area contributed by atoms with Crippen molar-refractivity contribution in [3.8, 4) is 11.3 Å². The van der Waals surface area contributed by atoms with Crippen LogP contribution in [0.5, 0.6) is 0 Å². The minimum absolute atomic E-state index is 0.330. The van der Waals surface area contributed by atoms with Gasteiger partial charge in [-0.2, -0.15) is 0 Å². The summed E-state index contributed by atoms with van der Waals surface area (Å²) in [7, 11) is 0. The third-order valence-corrected chi connectivity index (χ3v) is 3.97. The summed E-state index contributed by atoms with van der Waals surface area (Å²) in [4.78, 5) is 13.0. The lowest BCUT2D eigenvalue weighted by atomic mass is 10.1. The fourth-order valence-electron chi connectivity index (χ4n) is 2.62. The van der Waals surface area contributed by atoms with Crippen molar-refractivity contribution < 1.29 is 9.21 Å². The number of piperidine rings is 1. The Kier molecular flexibility index (Phi) is 3.79. The van der Waals surface area contributed by atoms with E-state index >= 15 is 0 Å². The number of anilines is 1. The molecule has 0 radical (unpaired) electrons. The Morgan fingerprint density at radius 3 is 2.55 bits per heavy atom. The summed E-state index contributed by atoms with van der Waals surface area (Å²) >= 11 is 6.40. The number of furan rings is 1. The third kappa shape index (κ3) is 2.59. The van der Waals surface area contributed by atoms with Crippen LogP contribution in [0.2, 0.25) is 5.02 Å². The van der Waals surface area contributed by atoms with E-state index in [2.05, 4.69) is 4.90 Å². The zero-order chi connectivity index (χ0) is 13.9. The maximum Gasteiger partial charge on any atom is 0.185 e. The molecule has 0 N–H and O–H groups in total. The van der Waals surface area contributed by atoms with Crippen molar-refractivity contribution in [1.82, 2.24) is 0 Å². The van der Waals surface area contributed by atoms with Gasteiger partial charge in [-0.25, -0.2) is 0 Å². The van der Waals surface area contributed by atoms with Crippen LogP contribution in [0.4, 0.5) is 5.69 Å². The van der Waals surface area contributed by atoms with Crippen LogP contribution < -0.4 is 4.90 Å². The molecule has 2 heterocycles. The van der Waals surface area contributed by atoms with E-state index in [1.807, 2.05) is 18.2 Å². The first-order valence-electron chi connectivity index (χ1n) is 6.88. The first kappa shape index (κ1) is 13.3. The van der Waals surface area contributed by atoms with Crippen LogP contribution in [0.15, 0.2) is 34.7 Å². The molecule has 3 rings (SSSR count). The SMILES string of the molecule is O=Cc1ccc(-c2ccc(N3CCCCC3)c(Cl)c2)o1. The Balaban J connectivity index is 1.88. The van der Waals surface area contributed by atoms with E-state index in [1.165, 1.54) is 19.3 Å². The van der Waals surface area contributed by atoms with Gasteiger partial charge in [-0.05, 0) is 49.6 Å². The molecule has 1 aliphatic heterocycles. The number of carbonyl (C=O) groups is 1. The normalized spacial score (nSPS) is 15.3. The predicted molar refractivity (Wildman–Crippen MR) is 80.6 cm³/mol. The highest BCUT2D eigenvalue weighted by Gasteiger charge is 2.15. The molecule has 0 aliphatic carbocycles. The zero-order valence-corrected chi connectivity index (χ0v) is 11.9. The van der Waals surface area contributed by atoms with Gasteiger partial charge in [0.1, 0.15) is 5.76 Å². The van der Waals surface area contributed by atoms with E-state index in [-0.39, 0.29) is 0 Å². The average molecular weight is 290 g/mol. The summed E-state index contributed by atoms with van der Waals surface area (Å²) in [5.41, 5.74) is 1.97. The number of hydrogen-bond donors (Lipinski definition) is 0. The lowest BCUT2D eigenvalue weighted by Gasteiger charge is -2.29. The molecule has 3 nitrogen and oxygen atoms in total. The van der Waals surface area contributed by atoms with Gasteiger partial charge in [0.15, 0.2) is 12.0 Å². The largest absolute Gasteiger partial charge is 0.453 e. The van der Waals surface area contributed by atoms with Crippen LogP contribution in [0.1, 0.15) is 29.8 Å². The molecule has 104 valence electrons. The first-order valence-corrected chi connectivity index (χ1v) is 7.25. The molecule has 0 spiro atoms. The highest BCUT2D eigenvalue weighted by molar-refractivity contribution is 6.33. The quantitative estimate of drug-likeness (QED) is 0.785. The second-order valence-corrected chi connectivity index (χ2v) is 5.44. The lowest BCUT2D eigenvalue weighted by Crippen LogP contribution is -2.29. The summed E-state index contributed by atoms with van der Waals surface area (Å²) in [6.07, 6.45) is 4.44. The topological polar surface area (TPSA) is 33.5 Å². The van der Waals surface area contributed by atoms with Gasteiger partial charge in [0.2, 0.25) is 0 Å². The molecule has 1 saturated heterocycles. The molecule has 0 saturated carbocycles. The monoisotopic (exact) mass is 289 g/mol. The standard InChI is InChI=1S/C16H16ClNO2/c17-14-10-12(16-7-5-13(11-19)20-16)4-6-15(14)18-8-2-1-3-9-18/h4-7,10-11H,1-3,8-9H2. The van der Waals surface area contributed by atoms with Gasteiger partial charge in [0.25, 0.3) is 0 Å². The molecule has 4 heteroatoms. The summed E-state index contributed by atoms with van der Waals surface area (Å²) in [5, 5.41) is 0.730. The second-order valence-electron chi connectivity index (χ2n) is 5.03. The Morgan fingerprint density at radius 2 is 1.90 bits per heavy atom. The van der Waals surface area contributed by atoms with Gasteiger partial charge in [-0.1, -0.05) is 11.6 Å². The second kappa shape index (κ2) is 5.71. The van der Waals surface area contributed by atoms with Crippen LogP contribution >= 0.6 is 11.6 Å². The van der Waals surface area contributed by atoms with Crippen LogP contribution in [-0.2, 0) is 0 Å². The van der Waals surface area contributed by atoms with Gasteiger partial charge in [-0.15, -0.1) is 0 Å². The minimum Gasteiger partial charge on any atom is -0.453 e. The summed E-state index contributed by atoms with van der Waals surface area (Å²) in [6.45, 7) is 2.13. The number of carbonyl (C=O) groups excluding carboxylic acids is 1. The first-order chi connectivity index (χ1) is 9.78. The molecule has 1 aromatic heterocycles. The smallest absolute Gasteiger partial charge is 0.185 e.